The highest BCUT2D eigenvalue weighted by Crippen LogP contribution is 2.22. The molecule has 2 rings (SSSR count). The van der Waals surface area contributed by atoms with Gasteiger partial charge in [-0.2, -0.15) is 0 Å². The van der Waals surface area contributed by atoms with Crippen molar-refractivity contribution >= 4 is 22.7 Å². The van der Waals surface area contributed by atoms with Crippen LogP contribution < -0.4 is 10.9 Å². The molecule has 116 valence electrons. The van der Waals surface area contributed by atoms with Crippen molar-refractivity contribution in [2.24, 2.45) is 5.92 Å². The van der Waals surface area contributed by atoms with Gasteiger partial charge < -0.3 is 4.55 Å². The summed E-state index contributed by atoms with van der Waals surface area (Å²) in [6.45, 7) is 4.05. The van der Waals surface area contributed by atoms with E-state index < -0.39 is 11.2 Å². The van der Waals surface area contributed by atoms with Gasteiger partial charge in [0.2, 0.25) is 5.91 Å². The Kier molecular flexibility index (Phi) is 5.67. The van der Waals surface area contributed by atoms with Crippen molar-refractivity contribution in [2.45, 2.75) is 31.2 Å². The summed E-state index contributed by atoms with van der Waals surface area (Å²) in [4.78, 5) is 12.0. The number of allylic oxidation sites excluding steroid dienone is 1. The third-order valence-corrected chi connectivity index (χ3v) is 4.90. The van der Waals surface area contributed by atoms with Crippen LogP contribution in [0.2, 0.25) is 0 Å². The highest BCUT2D eigenvalue weighted by atomic mass is 32.2. The van der Waals surface area contributed by atoms with Crippen molar-refractivity contribution in [1.82, 2.24) is 10.9 Å². The molecule has 0 bridgehead atoms. The molecule has 1 aromatic rings. The molecule has 5 heteroatoms. The highest BCUT2D eigenvalue weighted by molar-refractivity contribution is 7.91. The van der Waals surface area contributed by atoms with Gasteiger partial charge >= 0.3 is 0 Å². The molecule has 1 aliphatic rings. The van der Waals surface area contributed by atoms with Gasteiger partial charge in [0.05, 0.1) is 0 Å². The van der Waals surface area contributed by atoms with Crippen LogP contribution >= 0.6 is 0 Å². The Morgan fingerprint density at radius 1 is 1.59 bits per heavy atom. The van der Waals surface area contributed by atoms with Crippen molar-refractivity contribution in [2.75, 3.05) is 5.75 Å². The fourth-order valence-electron chi connectivity index (χ4n) is 2.39. The van der Waals surface area contributed by atoms with E-state index in [1.807, 2.05) is 38.1 Å². The SMILES string of the molecule is C#CC[S+]([O-])c1cccc(/C(C)=C/C2NNC(=O)CC2C)c1. The van der Waals surface area contributed by atoms with E-state index in [0.29, 0.717) is 6.42 Å². The quantitative estimate of drug-likeness (QED) is 0.658. The van der Waals surface area contributed by atoms with Gasteiger partial charge in [0.15, 0.2) is 10.6 Å². The first-order valence-electron chi connectivity index (χ1n) is 7.16. The highest BCUT2D eigenvalue weighted by Gasteiger charge is 2.23. The van der Waals surface area contributed by atoms with Crippen LogP contribution in [0, 0.1) is 18.3 Å². The Bertz CT molecular complexity index is 621. The van der Waals surface area contributed by atoms with Gasteiger partial charge in [-0.15, -0.1) is 6.42 Å². The number of rotatable bonds is 4. The lowest BCUT2D eigenvalue weighted by Gasteiger charge is -2.28. The summed E-state index contributed by atoms with van der Waals surface area (Å²) in [5, 5.41) is 0. The van der Waals surface area contributed by atoms with Gasteiger partial charge in [0.25, 0.3) is 0 Å². The Hall–Kier alpha value is -1.74. The molecular formula is C17H20N2O2S. The van der Waals surface area contributed by atoms with E-state index in [1.54, 1.807) is 0 Å². The average Bonchev–Trinajstić information content (AvgIpc) is 2.50. The monoisotopic (exact) mass is 316 g/mol. The van der Waals surface area contributed by atoms with E-state index in [-0.39, 0.29) is 23.6 Å². The summed E-state index contributed by atoms with van der Waals surface area (Å²) in [6, 6.07) is 7.68. The first-order valence-corrected chi connectivity index (χ1v) is 8.48. The number of benzene rings is 1. The predicted molar refractivity (Wildman–Crippen MR) is 89.0 cm³/mol. The third-order valence-electron chi connectivity index (χ3n) is 3.69. The van der Waals surface area contributed by atoms with Crippen molar-refractivity contribution < 1.29 is 9.35 Å². The minimum Gasteiger partial charge on any atom is -0.611 e. The van der Waals surface area contributed by atoms with E-state index in [9.17, 15) is 9.35 Å². The van der Waals surface area contributed by atoms with Crippen LogP contribution in [0.15, 0.2) is 35.2 Å². The van der Waals surface area contributed by atoms with Crippen LogP contribution in [-0.4, -0.2) is 22.3 Å². The molecule has 1 amide bonds. The second kappa shape index (κ2) is 7.50. The molecule has 0 spiro atoms. The van der Waals surface area contributed by atoms with Gasteiger partial charge in [-0.05, 0) is 41.2 Å². The standard InChI is InChI=1S/C17H20N2O2S/c1-4-8-22(21)15-7-5-6-14(11-15)12(2)9-16-13(3)10-17(20)19-18-16/h1,5-7,9,11,13,16,18H,8,10H2,2-3H3,(H,19,20)/b12-9+. The minimum atomic E-state index is -1.16. The summed E-state index contributed by atoms with van der Waals surface area (Å²) in [5.74, 6) is 2.89. The fourth-order valence-corrected chi connectivity index (χ4v) is 3.20. The van der Waals surface area contributed by atoms with Crippen molar-refractivity contribution in [3.8, 4) is 12.3 Å². The summed E-state index contributed by atoms with van der Waals surface area (Å²) in [6.07, 6.45) is 7.82. The number of carbonyl (C=O) groups is 1. The number of hydrazine groups is 1. The van der Waals surface area contributed by atoms with Crippen LogP contribution in [0.1, 0.15) is 25.8 Å². The normalized spacial score (nSPS) is 23.5. The van der Waals surface area contributed by atoms with Gasteiger partial charge in [-0.1, -0.05) is 31.1 Å². The minimum absolute atomic E-state index is 0.0153. The van der Waals surface area contributed by atoms with Crippen LogP contribution in [0.25, 0.3) is 5.57 Å². The molecule has 1 saturated heterocycles. The molecule has 3 unspecified atom stereocenters. The summed E-state index contributed by atoms with van der Waals surface area (Å²) in [5.41, 5.74) is 7.75. The number of amides is 1. The second-order valence-corrected chi connectivity index (χ2v) is 6.92. The summed E-state index contributed by atoms with van der Waals surface area (Å²) >= 11 is -1.16. The van der Waals surface area contributed by atoms with Crippen LogP contribution in [0.5, 0.6) is 0 Å². The zero-order chi connectivity index (χ0) is 16.1. The molecule has 0 aromatic heterocycles. The molecular weight excluding hydrogens is 296 g/mol. The molecule has 2 N–H and O–H groups in total. The second-order valence-electron chi connectivity index (χ2n) is 5.47. The number of terminal acetylenes is 1. The van der Waals surface area contributed by atoms with E-state index in [1.165, 1.54) is 0 Å². The lowest BCUT2D eigenvalue weighted by molar-refractivity contribution is -0.125. The molecule has 3 atom stereocenters. The lowest BCUT2D eigenvalue weighted by Crippen LogP contribution is -2.52. The van der Waals surface area contributed by atoms with Crippen molar-refractivity contribution in [1.29, 1.82) is 0 Å². The van der Waals surface area contributed by atoms with E-state index in [0.717, 1.165) is 16.0 Å². The maximum Gasteiger partial charge on any atom is 0.234 e. The number of hydrogen-bond donors (Lipinski definition) is 2. The van der Waals surface area contributed by atoms with Crippen molar-refractivity contribution in [3.05, 3.63) is 35.9 Å². The smallest absolute Gasteiger partial charge is 0.234 e. The molecule has 1 aromatic carbocycles. The maximum atomic E-state index is 12.0. The van der Waals surface area contributed by atoms with Gasteiger partial charge in [0.1, 0.15) is 0 Å². The molecule has 0 aliphatic carbocycles. The van der Waals surface area contributed by atoms with Crippen molar-refractivity contribution in [3.63, 3.8) is 0 Å². The third kappa shape index (κ3) is 4.14. The molecule has 0 radical (unpaired) electrons. The zero-order valence-corrected chi connectivity index (χ0v) is 13.6. The average molecular weight is 316 g/mol. The molecule has 4 nitrogen and oxygen atoms in total. The largest absolute Gasteiger partial charge is 0.611 e. The predicted octanol–water partition coefficient (Wildman–Crippen LogP) is 1.86. The number of hydrogen-bond acceptors (Lipinski definition) is 3. The van der Waals surface area contributed by atoms with Gasteiger partial charge in [-0.25, -0.2) is 5.43 Å². The Labute approximate surface area is 134 Å². The van der Waals surface area contributed by atoms with E-state index in [2.05, 4.69) is 22.8 Å². The van der Waals surface area contributed by atoms with E-state index >= 15 is 0 Å². The topological polar surface area (TPSA) is 64.2 Å². The van der Waals surface area contributed by atoms with Gasteiger partial charge in [-0.3, -0.25) is 10.2 Å². The molecule has 1 fully saturated rings. The Morgan fingerprint density at radius 2 is 2.36 bits per heavy atom. The number of nitrogens with one attached hydrogen (secondary N) is 2. The van der Waals surface area contributed by atoms with Crippen LogP contribution in [-0.2, 0) is 16.0 Å². The molecule has 0 saturated carbocycles. The molecule has 1 aliphatic heterocycles. The molecule has 22 heavy (non-hydrogen) atoms. The Balaban J connectivity index is 2.17. The zero-order valence-electron chi connectivity index (χ0n) is 12.8. The maximum absolute atomic E-state index is 12.0. The Morgan fingerprint density at radius 3 is 3.05 bits per heavy atom. The van der Waals surface area contributed by atoms with E-state index in [4.69, 9.17) is 6.42 Å². The van der Waals surface area contributed by atoms with Crippen LogP contribution in [0.3, 0.4) is 0 Å². The fraction of sp³-hybridized carbons (Fsp3) is 0.353. The summed E-state index contributed by atoms with van der Waals surface area (Å²) in [7, 11) is 0. The lowest BCUT2D eigenvalue weighted by atomic mass is 9.93. The number of carbonyl (C=O) groups excluding carboxylic acids is 1. The molecule has 1 heterocycles. The first-order chi connectivity index (χ1) is 10.5. The summed E-state index contributed by atoms with van der Waals surface area (Å²) < 4.78 is 12.0. The van der Waals surface area contributed by atoms with Gasteiger partial charge in [0, 0.05) is 18.5 Å². The van der Waals surface area contributed by atoms with Crippen LogP contribution in [0.4, 0.5) is 0 Å². The first kappa shape index (κ1) is 16.6.